The highest BCUT2D eigenvalue weighted by atomic mass is 16.3. The molecular formula is C12H24N2O2. The lowest BCUT2D eigenvalue weighted by Gasteiger charge is -2.28. The maximum absolute atomic E-state index is 11.6. The SMILES string of the molecule is CCC[C@@H](N)C(=O)NCC1CCCCC1O. The van der Waals surface area contributed by atoms with Gasteiger partial charge in [-0.3, -0.25) is 4.79 Å². The molecule has 1 saturated carbocycles. The summed E-state index contributed by atoms with van der Waals surface area (Å²) in [5, 5.41) is 12.6. The van der Waals surface area contributed by atoms with Crippen LogP contribution in [0.3, 0.4) is 0 Å². The molecule has 0 bridgehead atoms. The molecule has 1 fully saturated rings. The Labute approximate surface area is 97.6 Å². The highest BCUT2D eigenvalue weighted by Gasteiger charge is 2.23. The molecule has 0 spiro atoms. The topological polar surface area (TPSA) is 75.4 Å². The van der Waals surface area contributed by atoms with Crippen molar-refractivity contribution in [2.75, 3.05) is 6.54 Å². The number of aliphatic hydroxyl groups excluding tert-OH is 1. The first kappa shape index (κ1) is 13.5. The Kier molecular flexibility index (Phi) is 5.77. The van der Waals surface area contributed by atoms with Gasteiger partial charge in [0.25, 0.3) is 0 Å². The summed E-state index contributed by atoms with van der Waals surface area (Å²) in [5.74, 6) is 0.131. The van der Waals surface area contributed by atoms with E-state index in [0.29, 0.717) is 6.54 Å². The molecule has 0 aliphatic heterocycles. The maximum atomic E-state index is 11.6. The molecular weight excluding hydrogens is 204 g/mol. The lowest BCUT2D eigenvalue weighted by atomic mass is 9.86. The first-order valence-electron chi connectivity index (χ1n) is 6.36. The quantitative estimate of drug-likeness (QED) is 0.651. The molecule has 1 amide bonds. The van der Waals surface area contributed by atoms with E-state index in [-0.39, 0.29) is 17.9 Å². The molecule has 0 radical (unpaired) electrons. The predicted molar refractivity (Wildman–Crippen MR) is 63.9 cm³/mol. The molecule has 4 N–H and O–H groups in total. The minimum Gasteiger partial charge on any atom is -0.393 e. The number of rotatable bonds is 5. The monoisotopic (exact) mass is 228 g/mol. The first-order valence-corrected chi connectivity index (χ1v) is 6.36. The van der Waals surface area contributed by atoms with Gasteiger partial charge in [0.1, 0.15) is 0 Å². The molecule has 0 saturated heterocycles. The Morgan fingerprint density at radius 3 is 2.81 bits per heavy atom. The number of amides is 1. The van der Waals surface area contributed by atoms with Crippen LogP contribution < -0.4 is 11.1 Å². The fraction of sp³-hybridized carbons (Fsp3) is 0.917. The highest BCUT2D eigenvalue weighted by Crippen LogP contribution is 2.23. The minimum atomic E-state index is -0.397. The Hall–Kier alpha value is -0.610. The van der Waals surface area contributed by atoms with Crippen LogP contribution in [0.1, 0.15) is 45.4 Å². The standard InChI is InChI=1S/C12H24N2O2/c1-2-5-10(13)12(16)14-8-9-6-3-4-7-11(9)15/h9-11,15H,2-8,13H2,1H3,(H,14,16)/t9?,10-,11?/m1/s1. The molecule has 2 unspecified atom stereocenters. The Bertz CT molecular complexity index is 221. The predicted octanol–water partition coefficient (Wildman–Crippen LogP) is 0.781. The lowest BCUT2D eigenvalue weighted by Crippen LogP contribution is -2.44. The third-order valence-corrected chi connectivity index (χ3v) is 3.34. The van der Waals surface area contributed by atoms with Crippen molar-refractivity contribution in [2.24, 2.45) is 11.7 Å². The number of nitrogens with one attached hydrogen (secondary N) is 1. The molecule has 0 heterocycles. The molecule has 4 nitrogen and oxygen atoms in total. The van der Waals surface area contributed by atoms with Gasteiger partial charge in [-0.1, -0.05) is 26.2 Å². The Morgan fingerprint density at radius 2 is 2.19 bits per heavy atom. The van der Waals surface area contributed by atoms with Crippen LogP contribution in [0.4, 0.5) is 0 Å². The van der Waals surface area contributed by atoms with E-state index in [1.807, 2.05) is 6.92 Å². The third-order valence-electron chi connectivity index (χ3n) is 3.34. The summed E-state index contributed by atoms with van der Waals surface area (Å²) in [7, 11) is 0. The van der Waals surface area contributed by atoms with Crippen molar-refractivity contribution >= 4 is 5.91 Å². The van der Waals surface area contributed by atoms with Crippen LogP contribution in [-0.2, 0) is 4.79 Å². The van der Waals surface area contributed by atoms with Gasteiger partial charge in [-0.15, -0.1) is 0 Å². The smallest absolute Gasteiger partial charge is 0.236 e. The average molecular weight is 228 g/mol. The third kappa shape index (κ3) is 4.10. The highest BCUT2D eigenvalue weighted by molar-refractivity contribution is 5.81. The summed E-state index contributed by atoms with van der Waals surface area (Å²) >= 11 is 0. The zero-order valence-electron chi connectivity index (χ0n) is 10.1. The summed E-state index contributed by atoms with van der Waals surface area (Å²) in [4.78, 5) is 11.6. The van der Waals surface area contributed by atoms with E-state index in [1.165, 1.54) is 0 Å². The van der Waals surface area contributed by atoms with Crippen molar-refractivity contribution in [3.8, 4) is 0 Å². The number of hydrogen-bond donors (Lipinski definition) is 3. The largest absolute Gasteiger partial charge is 0.393 e. The number of carbonyl (C=O) groups is 1. The number of hydrogen-bond acceptors (Lipinski definition) is 3. The maximum Gasteiger partial charge on any atom is 0.236 e. The van der Waals surface area contributed by atoms with Crippen LogP contribution in [-0.4, -0.2) is 29.7 Å². The Morgan fingerprint density at radius 1 is 1.50 bits per heavy atom. The first-order chi connectivity index (χ1) is 7.65. The molecule has 16 heavy (non-hydrogen) atoms. The van der Waals surface area contributed by atoms with Gasteiger partial charge in [0.15, 0.2) is 0 Å². The molecule has 0 aromatic carbocycles. The van der Waals surface area contributed by atoms with Gasteiger partial charge in [-0.2, -0.15) is 0 Å². The molecule has 94 valence electrons. The van der Waals surface area contributed by atoms with Gasteiger partial charge < -0.3 is 16.2 Å². The van der Waals surface area contributed by atoms with E-state index in [4.69, 9.17) is 5.73 Å². The average Bonchev–Trinajstić information content (AvgIpc) is 2.28. The van der Waals surface area contributed by atoms with Crippen molar-refractivity contribution in [1.29, 1.82) is 0 Å². The van der Waals surface area contributed by atoms with Crippen LogP contribution in [0.2, 0.25) is 0 Å². The van der Waals surface area contributed by atoms with Crippen LogP contribution in [0, 0.1) is 5.92 Å². The molecule has 3 atom stereocenters. The van der Waals surface area contributed by atoms with Gasteiger partial charge in [-0.05, 0) is 19.3 Å². The van der Waals surface area contributed by atoms with E-state index in [0.717, 1.165) is 38.5 Å². The van der Waals surface area contributed by atoms with Crippen molar-refractivity contribution in [3.63, 3.8) is 0 Å². The molecule has 1 aliphatic rings. The van der Waals surface area contributed by atoms with Gasteiger partial charge >= 0.3 is 0 Å². The van der Waals surface area contributed by atoms with Gasteiger partial charge in [-0.25, -0.2) is 0 Å². The fourth-order valence-corrected chi connectivity index (χ4v) is 2.23. The van der Waals surface area contributed by atoms with E-state index in [9.17, 15) is 9.90 Å². The van der Waals surface area contributed by atoms with Crippen LogP contribution in [0.25, 0.3) is 0 Å². The number of carbonyl (C=O) groups excluding carboxylic acids is 1. The summed E-state index contributed by atoms with van der Waals surface area (Å²) < 4.78 is 0. The van der Waals surface area contributed by atoms with Gasteiger partial charge in [0.2, 0.25) is 5.91 Å². The molecule has 0 aromatic heterocycles. The second-order valence-electron chi connectivity index (χ2n) is 4.75. The van der Waals surface area contributed by atoms with Crippen molar-refractivity contribution in [1.82, 2.24) is 5.32 Å². The summed E-state index contributed by atoms with van der Waals surface area (Å²) in [6, 6.07) is -0.397. The van der Waals surface area contributed by atoms with Crippen LogP contribution >= 0.6 is 0 Å². The van der Waals surface area contributed by atoms with E-state index in [2.05, 4.69) is 5.32 Å². The molecule has 1 aliphatic carbocycles. The van der Waals surface area contributed by atoms with Gasteiger partial charge in [0, 0.05) is 12.5 Å². The zero-order valence-corrected chi connectivity index (χ0v) is 10.1. The van der Waals surface area contributed by atoms with Crippen molar-refractivity contribution in [2.45, 2.75) is 57.6 Å². The van der Waals surface area contributed by atoms with E-state index >= 15 is 0 Å². The summed E-state index contributed by atoms with van der Waals surface area (Å²) in [6.07, 6.45) is 5.50. The molecule has 4 heteroatoms. The lowest BCUT2D eigenvalue weighted by molar-refractivity contribution is -0.122. The molecule has 1 rings (SSSR count). The minimum absolute atomic E-state index is 0.0837. The van der Waals surface area contributed by atoms with E-state index < -0.39 is 6.04 Å². The molecule has 0 aromatic rings. The van der Waals surface area contributed by atoms with Crippen LogP contribution in [0.5, 0.6) is 0 Å². The van der Waals surface area contributed by atoms with E-state index in [1.54, 1.807) is 0 Å². The second-order valence-corrected chi connectivity index (χ2v) is 4.75. The summed E-state index contributed by atoms with van der Waals surface area (Å²) in [6.45, 7) is 2.58. The number of aliphatic hydroxyl groups is 1. The van der Waals surface area contributed by atoms with Crippen LogP contribution in [0.15, 0.2) is 0 Å². The fourth-order valence-electron chi connectivity index (χ4n) is 2.23. The zero-order chi connectivity index (χ0) is 12.0. The second kappa shape index (κ2) is 6.86. The number of nitrogens with two attached hydrogens (primary N) is 1. The van der Waals surface area contributed by atoms with Crippen molar-refractivity contribution in [3.05, 3.63) is 0 Å². The normalized spacial score (nSPS) is 27.4. The van der Waals surface area contributed by atoms with Crippen molar-refractivity contribution < 1.29 is 9.90 Å². The Balaban J connectivity index is 2.24. The van der Waals surface area contributed by atoms with Gasteiger partial charge in [0.05, 0.1) is 12.1 Å². The summed E-state index contributed by atoms with van der Waals surface area (Å²) in [5.41, 5.74) is 5.70.